The molecule has 2 aliphatic carbocycles. The van der Waals surface area contributed by atoms with E-state index in [2.05, 4.69) is 20.4 Å². The summed E-state index contributed by atoms with van der Waals surface area (Å²) in [5, 5.41) is 0. The van der Waals surface area contributed by atoms with Crippen molar-refractivity contribution in [3.8, 4) is 0 Å². The molecule has 2 nitrogen and oxygen atoms in total. The van der Waals surface area contributed by atoms with Gasteiger partial charge in [0.15, 0.2) is 0 Å². The Morgan fingerprint density at radius 2 is 2.22 bits per heavy atom. The summed E-state index contributed by atoms with van der Waals surface area (Å²) in [7, 11) is 0. The van der Waals surface area contributed by atoms with Crippen LogP contribution >= 0.6 is 0 Å². The van der Waals surface area contributed by atoms with Crippen molar-refractivity contribution in [2.24, 2.45) is 17.3 Å². The van der Waals surface area contributed by atoms with Crippen LogP contribution in [0.3, 0.4) is 0 Å². The lowest BCUT2D eigenvalue weighted by Gasteiger charge is -2.47. The highest BCUT2D eigenvalue weighted by molar-refractivity contribution is 5.38. The van der Waals surface area contributed by atoms with Crippen LogP contribution in [0.4, 0.5) is 0 Å². The van der Waals surface area contributed by atoms with E-state index in [-0.39, 0.29) is 11.5 Å². The highest BCUT2D eigenvalue weighted by atomic mass is 16.5. The fourth-order valence-corrected chi connectivity index (χ4v) is 4.67. The standard InChI is InChI=1S/C16H20O2/c1-9-8-17-13-7-11-5-4-6-12-10(2)18-15(14(9)13)16(11,12)3/h8,11-12,15H,2,4-7H2,1,3H3/t11-,12+,15+,16+/m1/s1. The van der Waals surface area contributed by atoms with Crippen LogP contribution in [0.5, 0.6) is 0 Å². The molecule has 1 aromatic rings. The Morgan fingerprint density at radius 1 is 1.39 bits per heavy atom. The smallest absolute Gasteiger partial charge is 0.133 e. The van der Waals surface area contributed by atoms with Gasteiger partial charge in [-0.1, -0.05) is 19.9 Å². The molecule has 0 bridgehead atoms. The molecule has 1 saturated carbocycles. The first-order valence-electron chi connectivity index (χ1n) is 7.04. The average molecular weight is 244 g/mol. The Balaban J connectivity index is 1.93. The second kappa shape index (κ2) is 3.23. The van der Waals surface area contributed by atoms with E-state index >= 15 is 0 Å². The van der Waals surface area contributed by atoms with Gasteiger partial charge in [0, 0.05) is 23.3 Å². The van der Waals surface area contributed by atoms with E-state index in [1.807, 2.05) is 6.26 Å². The third kappa shape index (κ3) is 1.05. The molecule has 0 unspecified atom stereocenters. The van der Waals surface area contributed by atoms with Crippen molar-refractivity contribution in [3.05, 3.63) is 35.5 Å². The number of aryl methyl sites for hydroxylation is 1. The van der Waals surface area contributed by atoms with E-state index in [9.17, 15) is 0 Å². The quantitative estimate of drug-likeness (QED) is 0.684. The molecule has 0 amide bonds. The van der Waals surface area contributed by atoms with Crippen LogP contribution in [-0.4, -0.2) is 0 Å². The predicted molar refractivity (Wildman–Crippen MR) is 69.1 cm³/mol. The molecule has 2 heterocycles. The molecular weight excluding hydrogens is 224 g/mol. The average Bonchev–Trinajstić information content (AvgIpc) is 2.81. The van der Waals surface area contributed by atoms with Gasteiger partial charge in [0.25, 0.3) is 0 Å². The van der Waals surface area contributed by atoms with E-state index in [0.717, 1.165) is 17.9 Å². The van der Waals surface area contributed by atoms with Crippen molar-refractivity contribution in [2.75, 3.05) is 0 Å². The monoisotopic (exact) mass is 244 g/mol. The van der Waals surface area contributed by atoms with Gasteiger partial charge in [0.05, 0.1) is 12.0 Å². The van der Waals surface area contributed by atoms with Gasteiger partial charge in [0.2, 0.25) is 0 Å². The van der Waals surface area contributed by atoms with E-state index in [4.69, 9.17) is 9.15 Å². The fraction of sp³-hybridized carbons (Fsp3) is 0.625. The minimum atomic E-state index is 0.183. The topological polar surface area (TPSA) is 22.4 Å². The molecule has 0 aromatic carbocycles. The van der Waals surface area contributed by atoms with Crippen LogP contribution in [-0.2, 0) is 11.2 Å². The fourth-order valence-electron chi connectivity index (χ4n) is 4.67. The van der Waals surface area contributed by atoms with Crippen molar-refractivity contribution in [1.29, 1.82) is 0 Å². The number of fused-ring (bicyclic) bond motifs is 2. The van der Waals surface area contributed by atoms with Gasteiger partial charge >= 0.3 is 0 Å². The Hall–Kier alpha value is -1.18. The van der Waals surface area contributed by atoms with Crippen molar-refractivity contribution in [1.82, 2.24) is 0 Å². The molecule has 1 saturated heterocycles. The molecule has 1 aromatic heterocycles. The Labute approximate surface area is 108 Å². The zero-order chi connectivity index (χ0) is 12.5. The van der Waals surface area contributed by atoms with E-state index in [1.165, 1.54) is 30.4 Å². The molecule has 2 heteroatoms. The number of hydrogen-bond acceptors (Lipinski definition) is 2. The van der Waals surface area contributed by atoms with Gasteiger partial charge in [-0.05, 0) is 31.2 Å². The number of allylic oxidation sites excluding steroid dienone is 1. The first-order valence-corrected chi connectivity index (χ1v) is 7.04. The molecule has 4 rings (SSSR count). The molecule has 1 aliphatic heterocycles. The molecule has 3 aliphatic rings. The molecule has 18 heavy (non-hydrogen) atoms. The second-order valence-corrected chi connectivity index (χ2v) is 6.47. The summed E-state index contributed by atoms with van der Waals surface area (Å²) in [5.74, 6) is 3.42. The maximum Gasteiger partial charge on any atom is 0.133 e. The molecule has 2 fully saturated rings. The normalized spacial score (nSPS) is 41.2. The molecule has 96 valence electrons. The van der Waals surface area contributed by atoms with Crippen LogP contribution in [0.15, 0.2) is 23.0 Å². The van der Waals surface area contributed by atoms with Crippen molar-refractivity contribution >= 4 is 0 Å². The van der Waals surface area contributed by atoms with Crippen molar-refractivity contribution in [2.45, 2.75) is 45.6 Å². The summed E-state index contributed by atoms with van der Waals surface area (Å²) in [6, 6.07) is 0. The van der Waals surface area contributed by atoms with Crippen molar-refractivity contribution < 1.29 is 9.15 Å². The summed E-state index contributed by atoms with van der Waals surface area (Å²) in [6.45, 7) is 8.73. The van der Waals surface area contributed by atoms with Gasteiger partial charge in [-0.25, -0.2) is 0 Å². The summed E-state index contributed by atoms with van der Waals surface area (Å²) in [4.78, 5) is 0. The lowest BCUT2D eigenvalue weighted by Crippen LogP contribution is -2.43. The van der Waals surface area contributed by atoms with Crippen LogP contribution in [0.1, 0.15) is 49.2 Å². The number of hydrogen-bond donors (Lipinski definition) is 0. The van der Waals surface area contributed by atoms with Gasteiger partial charge in [0.1, 0.15) is 11.9 Å². The Morgan fingerprint density at radius 3 is 3.06 bits per heavy atom. The molecule has 0 spiro atoms. The lowest BCUT2D eigenvalue weighted by molar-refractivity contribution is -0.0124. The summed E-state index contributed by atoms with van der Waals surface area (Å²) >= 11 is 0. The van der Waals surface area contributed by atoms with Crippen LogP contribution in [0, 0.1) is 24.2 Å². The maximum atomic E-state index is 6.19. The minimum absolute atomic E-state index is 0.183. The largest absolute Gasteiger partial charge is 0.490 e. The van der Waals surface area contributed by atoms with Gasteiger partial charge < -0.3 is 9.15 Å². The summed E-state index contributed by atoms with van der Waals surface area (Å²) in [5.41, 5.74) is 2.81. The van der Waals surface area contributed by atoms with E-state index in [1.54, 1.807) is 0 Å². The number of ether oxygens (including phenoxy) is 1. The lowest BCUT2D eigenvalue weighted by atomic mass is 9.55. The Kier molecular flexibility index (Phi) is 1.92. The maximum absolute atomic E-state index is 6.19. The van der Waals surface area contributed by atoms with E-state index < -0.39 is 0 Å². The van der Waals surface area contributed by atoms with Crippen molar-refractivity contribution in [3.63, 3.8) is 0 Å². The van der Waals surface area contributed by atoms with E-state index in [0.29, 0.717) is 11.8 Å². The molecule has 0 radical (unpaired) electrons. The predicted octanol–water partition coefficient (Wildman–Crippen LogP) is 4.15. The zero-order valence-electron chi connectivity index (χ0n) is 11.2. The highest BCUT2D eigenvalue weighted by Gasteiger charge is 2.60. The van der Waals surface area contributed by atoms with Gasteiger partial charge in [-0.2, -0.15) is 0 Å². The second-order valence-electron chi connectivity index (χ2n) is 6.47. The SMILES string of the molecule is C=C1O[C@H]2c3c(C)coc3C[C@H]3CCC[C@@H]1[C@]32C. The molecule has 4 atom stereocenters. The molecule has 0 N–H and O–H groups in total. The first kappa shape index (κ1) is 10.7. The number of furan rings is 1. The molecular formula is C16H20O2. The highest BCUT2D eigenvalue weighted by Crippen LogP contribution is 2.65. The summed E-state index contributed by atoms with van der Waals surface area (Å²) < 4.78 is 12.0. The van der Waals surface area contributed by atoms with Crippen LogP contribution in [0.25, 0.3) is 0 Å². The Bertz CT molecular complexity index is 527. The first-order chi connectivity index (χ1) is 8.62. The number of rotatable bonds is 0. The minimum Gasteiger partial charge on any atom is -0.490 e. The van der Waals surface area contributed by atoms with Gasteiger partial charge in [-0.3, -0.25) is 0 Å². The third-order valence-corrected chi connectivity index (χ3v) is 5.70. The van der Waals surface area contributed by atoms with Crippen LogP contribution in [0.2, 0.25) is 0 Å². The summed E-state index contributed by atoms with van der Waals surface area (Å²) in [6.07, 6.45) is 7.01. The zero-order valence-corrected chi connectivity index (χ0v) is 11.2. The van der Waals surface area contributed by atoms with Gasteiger partial charge in [-0.15, -0.1) is 0 Å². The van der Waals surface area contributed by atoms with Crippen LogP contribution < -0.4 is 0 Å². The third-order valence-electron chi connectivity index (χ3n) is 5.70.